The SMILES string of the molecule is CC(C)COc1ccc(-c2c[nH]cn2)cc1C#N.CCOC=O. The van der Waals surface area contributed by atoms with Crippen molar-refractivity contribution in [2.75, 3.05) is 13.2 Å². The Morgan fingerprint density at radius 2 is 2.22 bits per heavy atom. The molecular weight excluding hydrogens is 294 g/mol. The standard InChI is InChI=1S/C14H15N3O.C3H6O2/c1-10(2)8-18-14-4-3-11(5-12(14)6-15)13-7-16-9-17-13;1-2-5-3-4/h3-5,7,9-10H,8H2,1-2H3,(H,16,17);3H,2H2,1H3. The van der Waals surface area contributed by atoms with Crippen LogP contribution in [0.4, 0.5) is 0 Å². The molecule has 2 rings (SSSR count). The minimum Gasteiger partial charge on any atom is -0.492 e. The van der Waals surface area contributed by atoms with Crippen LogP contribution in [0.2, 0.25) is 0 Å². The van der Waals surface area contributed by atoms with E-state index in [4.69, 9.17) is 10.00 Å². The largest absolute Gasteiger partial charge is 0.492 e. The van der Waals surface area contributed by atoms with Gasteiger partial charge in [-0.05, 0) is 31.0 Å². The maximum atomic E-state index is 9.18. The smallest absolute Gasteiger partial charge is 0.293 e. The monoisotopic (exact) mass is 315 g/mol. The highest BCUT2D eigenvalue weighted by Crippen LogP contribution is 2.25. The zero-order valence-electron chi connectivity index (χ0n) is 13.6. The van der Waals surface area contributed by atoms with E-state index in [2.05, 4.69) is 34.6 Å². The molecule has 0 fully saturated rings. The predicted molar refractivity (Wildman–Crippen MR) is 86.8 cm³/mol. The third kappa shape index (κ3) is 6.22. The number of carbonyl (C=O) groups is 1. The molecule has 0 aliphatic rings. The van der Waals surface area contributed by atoms with Gasteiger partial charge < -0.3 is 14.5 Å². The number of ether oxygens (including phenoxy) is 2. The summed E-state index contributed by atoms with van der Waals surface area (Å²) in [4.78, 5) is 16.2. The van der Waals surface area contributed by atoms with Crippen LogP contribution in [0.3, 0.4) is 0 Å². The molecule has 122 valence electrons. The fourth-order valence-electron chi connectivity index (χ4n) is 1.65. The summed E-state index contributed by atoms with van der Waals surface area (Å²) in [5, 5.41) is 9.15. The Hall–Kier alpha value is -2.81. The Morgan fingerprint density at radius 1 is 1.43 bits per heavy atom. The lowest BCUT2D eigenvalue weighted by Crippen LogP contribution is -2.05. The van der Waals surface area contributed by atoms with E-state index in [1.54, 1.807) is 25.5 Å². The molecule has 0 bridgehead atoms. The van der Waals surface area contributed by atoms with E-state index >= 15 is 0 Å². The second-order valence-corrected chi connectivity index (χ2v) is 5.03. The average Bonchev–Trinajstić information content (AvgIpc) is 3.08. The summed E-state index contributed by atoms with van der Waals surface area (Å²) in [5.41, 5.74) is 2.27. The highest BCUT2D eigenvalue weighted by atomic mass is 16.5. The number of rotatable bonds is 6. The maximum absolute atomic E-state index is 9.18. The molecule has 23 heavy (non-hydrogen) atoms. The first-order valence-corrected chi connectivity index (χ1v) is 7.33. The van der Waals surface area contributed by atoms with Gasteiger partial charge in [-0.15, -0.1) is 0 Å². The molecule has 6 heteroatoms. The minimum absolute atomic E-state index is 0.431. The van der Waals surface area contributed by atoms with Gasteiger partial charge in [-0.1, -0.05) is 13.8 Å². The van der Waals surface area contributed by atoms with Gasteiger partial charge in [0.05, 0.1) is 30.8 Å². The van der Waals surface area contributed by atoms with Crippen LogP contribution < -0.4 is 4.74 Å². The molecule has 0 spiro atoms. The number of hydrogen-bond donors (Lipinski definition) is 1. The third-order valence-corrected chi connectivity index (χ3v) is 2.70. The summed E-state index contributed by atoms with van der Waals surface area (Å²) >= 11 is 0. The molecule has 1 aromatic heterocycles. The Kier molecular flexibility index (Phi) is 7.94. The second kappa shape index (κ2) is 10.0. The molecule has 1 N–H and O–H groups in total. The van der Waals surface area contributed by atoms with Crippen molar-refractivity contribution in [3.05, 3.63) is 36.3 Å². The van der Waals surface area contributed by atoms with Gasteiger partial charge in [0, 0.05) is 11.8 Å². The van der Waals surface area contributed by atoms with E-state index in [9.17, 15) is 4.79 Å². The molecule has 2 aromatic rings. The van der Waals surface area contributed by atoms with Gasteiger partial charge in [0.2, 0.25) is 0 Å². The first kappa shape index (κ1) is 18.2. The predicted octanol–water partition coefficient (Wildman–Crippen LogP) is 3.16. The first-order chi connectivity index (χ1) is 11.1. The maximum Gasteiger partial charge on any atom is 0.293 e. The lowest BCUT2D eigenvalue weighted by Gasteiger charge is -2.10. The molecule has 1 heterocycles. The Bertz CT molecular complexity index is 631. The first-order valence-electron chi connectivity index (χ1n) is 7.33. The molecule has 0 atom stereocenters. The van der Waals surface area contributed by atoms with Crippen molar-refractivity contribution >= 4 is 6.47 Å². The zero-order chi connectivity index (χ0) is 17.1. The highest BCUT2D eigenvalue weighted by molar-refractivity contribution is 5.63. The Morgan fingerprint density at radius 3 is 2.70 bits per heavy atom. The number of nitrogens with zero attached hydrogens (tertiary/aromatic N) is 2. The van der Waals surface area contributed by atoms with Crippen LogP contribution in [0.15, 0.2) is 30.7 Å². The summed E-state index contributed by atoms with van der Waals surface area (Å²) in [6, 6.07) is 7.69. The van der Waals surface area contributed by atoms with E-state index < -0.39 is 0 Å². The van der Waals surface area contributed by atoms with Crippen molar-refractivity contribution in [3.8, 4) is 23.1 Å². The van der Waals surface area contributed by atoms with Gasteiger partial charge >= 0.3 is 0 Å². The van der Waals surface area contributed by atoms with Crippen LogP contribution in [-0.2, 0) is 9.53 Å². The van der Waals surface area contributed by atoms with Crippen molar-refractivity contribution in [1.82, 2.24) is 9.97 Å². The normalized spacial score (nSPS) is 9.52. The molecule has 0 amide bonds. The molecule has 0 aliphatic carbocycles. The Labute approximate surface area is 136 Å². The number of carbonyl (C=O) groups excluding carboxylic acids is 1. The summed E-state index contributed by atoms with van der Waals surface area (Å²) in [6.45, 7) is 7.42. The van der Waals surface area contributed by atoms with E-state index in [1.807, 2.05) is 12.1 Å². The lowest BCUT2D eigenvalue weighted by atomic mass is 10.1. The molecule has 0 unspecified atom stereocenters. The summed E-state index contributed by atoms with van der Waals surface area (Å²) < 4.78 is 9.76. The quantitative estimate of drug-likeness (QED) is 0.827. The number of aromatic amines is 1. The number of nitrogens with one attached hydrogen (secondary N) is 1. The minimum atomic E-state index is 0.431. The topological polar surface area (TPSA) is 88.0 Å². The van der Waals surface area contributed by atoms with Crippen molar-refractivity contribution in [2.45, 2.75) is 20.8 Å². The van der Waals surface area contributed by atoms with E-state index in [0.717, 1.165) is 11.3 Å². The average molecular weight is 315 g/mol. The highest BCUT2D eigenvalue weighted by Gasteiger charge is 2.08. The molecule has 0 aliphatic heterocycles. The number of hydrogen-bond acceptors (Lipinski definition) is 5. The number of benzene rings is 1. The van der Waals surface area contributed by atoms with Crippen LogP contribution in [-0.4, -0.2) is 29.7 Å². The van der Waals surface area contributed by atoms with Gasteiger partial charge in [0.25, 0.3) is 6.47 Å². The molecular formula is C17H21N3O3. The van der Waals surface area contributed by atoms with Gasteiger partial charge in [-0.2, -0.15) is 5.26 Å². The molecule has 0 radical (unpaired) electrons. The van der Waals surface area contributed by atoms with Crippen LogP contribution in [0.5, 0.6) is 5.75 Å². The van der Waals surface area contributed by atoms with E-state index in [0.29, 0.717) is 36.9 Å². The van der Waals surface area contributed by atoms with Gasteiger partial charge in [-0.3, -0.25) is 4.79 Å². The van der Waals surface area contributed by atoms with Gasteiger partial charge in [0.15, 0.2) is 0 Å². The number of H-pyrrole nitrogens is 1. The van der Waals surface area contributed by atoms with E-state index in [-0.39, 0.29) is 0 Å². The van der Waals surface area contributed by atoms with Crippen molar-refractivity contribution < 1.29 is 14.3 Å². The second-order valence-electron chi connectivity index (χ2n) is 5.03. The van der Waals surface area contributed by atoms with Crippen LogP contribution in [0.25, 0.3) is 11.3 Å². The van der Waals surface area contributed by atoms with Crippen molar-refractivity contribution in [3.63, 3.8) is 0 Å². The van der Waals surface area contributed by atoms with Crippen LogP contribution in [0, 0.1) is 17.2 Å². The summed E-state index contributed by atoms with van der Waals surface area (Å²) in [7, 11) is 0. The fraction of sp³-hybridized carbons (Fsp3) is 0.353. The zero-order valence-corrected chi connectivity index (χ0v) is 13.6. The van der Waals surface area contributed by atoms with Crippen molar-refractivity contribution in [2.24, 2.45) is 5.92 Å². The molecule has 1 aromatic carbocycles. The van der Waals surface area contributed by atoms with Crippen LogP contribution >= 0.6 is 0 Å². The molecule has 0 saturated carbocycles. The van der Waals surface area contributed by atoms with Gasteiger partial charge in [-0.25, -0.2) is 4.98 Å². The van der Waals surface area contributed by atoms with Crippen LogP contribution in [0.1, 0.15) is 26.3 Å². The number of nitriles is 1. The molecule has 6 nitrogen and oxygen atoms in total. The van der Waals surface area contributed by atoms with Crippen molar-refractivity contribution in [1.29, 1.82) is 5.26 Å². The lowest BCUT2D eigenvalue weighted by molar-refractivity contribution is -0.128. The fourth-order valence-corrected chi connectivity index (χ4v) is 1.65. The van der Waals surface area contributed by atoms with Gasteiger partial charge in [0.1, 0.15) is 11.8 Å². The third-order valence-electron chi connectivity index (χ3n) is 2.70. The number of aromatic nitrogens is 2. The summed E-state index contributed by atoms with van der Waals surface area (Å²) in [6.07, 6.45) is 3.41. The Balaban J connectivity index is 0.000000463. The molecule has 0 saturated heterocycles. The summed E-state index contributed by atoms with van der Waals surface area (Å²) in [5.74, 6) is 1.06. The number of imidazole rings is 1. The van der Waals surface area contributed by atoms with E-state index in [1.165, 1.54) is 0 Å².